The Balaban J connectivity index is 2.15. The third-order valence-corrected chi connectivity index (χ3v) is 3.88. The van der Waals surface area contributed by atoms with E-state index in [1.165, 1.54) is 25.8 Å². The van der Waals surface area contributed by atoms with Crippen LogP contribution < -0.4 is 5.32 Å². The number of rotatable bonds is 8. The van der Waals surface area contributed by atoms with Gasteiger partial charge in [-0.15, -0.1) is 0 Å². The van der Waals surface area contributed by atoms with Crippen LogP contribution in [0.3, 0.4) is 0 Å². The first kappa shape index (κ1) is 16.9. The van der Waals surface area contributed by atoms with Crippen LogP contribution in [0.4, 0.5) is 0 Å². The van der Waals surface area contributed by atoms with Crippen LogP contribution >= 0.6 is 0 Å². The lowest BCUT2D eigenvalue weighted by atomic mass is 9.94. The monoisotopic (exact) mass is 270 g/mol. The lowest BCUT2D eigenvalue weighted by Crippen LogP contribution is -2.41. The minimum atomic E-state index is 0.224. The van der Waals surface area contributed by atoms with Gasteiger partial charge < -0.3 is 15.0 Å². The molecule has 19 heavy (non-hydrogen) atoms. The highest BCUT2D eigenvalue weighted by molar-refractivity contribution is 4.75. The Kier molecular flexibility index (Phi) is 7.33. The van der Waals surface area contributed by atoms with Gasteiger partial charge in [-0.05, 0) is 38.9 Å². The average molecular weight is 270 g/mol. The zero-order valence-corrected chi connectivity index (χ0v) is 13.7. The number of hydrogen-bond donors (Lipinski definition) is 1. The smallest absolute Gasteiger partial charge is 0.0621 e. The molecular formula is C16H34N2O. The summed E-state index contributed by atoms with van der Waals surface area (Å²) in [4.78, 5) is 2.45. The van der Waals surface area contributed by atoms with Crippen molar-refractivity contribution in [1.29, 1.82) is 0 Å². The molecule has 1 fully saturated rings. The predicted molar refractivity (Wildman–Crippen MR) is 82.6 cm³/mol. The average Bonchev–Trinajstić information content (AvgIpc) is 2.30. The van der Waals surface area contributed by atoms with Crippen molar-refractivity contribution in [2.75, 3.05) is 39.9 Å². The minimum Gasteiger partial charge on any atom is -0.379 e. The summed E-state index contributed by atoms with van der Waals surface area (Å²) >= 11 is 0. The van der Waals surface area contributed by atoms with E-state index >= 15 is 0 Å². The van der Waals surface area contributed by atoms with E-state index < -0.39 is 0 Å². The van der Waals surface area contributed by atoms with Gasteiger partial charge in [-0.2, -0.15) is 0 Å². The van der Waals surface area contributed by atoms with Crippen LogP contribution in [0.25, 0.3) is 0 Å². The summed E-state index contributed by atoms with van der Waals surface area (Å²) in [7, 11) is 2.22. The Hall–Kier alpha value is -0.120. The maximum absolute atomic E-state index is 5.98. The maximum Gasteiger partial charge on any atom is 0.0621 e. The molecule has 0 bridgehead atoms. The van der Waals surface area contributed by atoms with Crippen molar-refractivity contribution in [3.63, 3.8) is 0 Å². The van der Waals surface area contributed by atoms with Gasteiger partial charge in [0.05, 0.1) is 13.2 Å². The van der Waals surface area contributed by atoms with Crippen LogP contribution in [0.15, 0.2) is 0 Å². The lowest BCUT2D eigenvalue weighted by Gasteiger charge is -2.33. The van der Waals surface area contributed by atoms with E-state index in [4.69, 9.17) is 4.74 Å². The third kappa shape index (κ3) is 7.28. The molecule has 1 atom stereocenters. The summed E-state index contributed by atoms with van der Waals surface area (Å²) < 4.78 is 5.98. The van der Waals surface area contributed by atoms with E-state index in [2.05, 4.69) is 45.0 Å². The molecule has 0 amide bonds. The fourth-order valence-electron chi connectivity index (χ4n) is 2.58. The van der Waals surface area contributed by atoms with Crippen molar-refractivity contribution < 1.29 is 4.74 Å². The largest absolute Gasteiger partial charge is 0.379 e. The van der Waals surface area contributed by atoms with Gasteiger partial charge >= 0.3 is 0 Å². The fourth-order valence-corrected chi connectivity index (χ4v) is 2.58. The van der Waals surface area contributed by atoms with Gasteiger partial charge in [-0.3, -0.25) is 0 Å². The molecule has 0 saturated carbocycles. The van der Waals surface area contributed by atoms with E-state index in [1.54, 1.807) is 0 Å². The topological polar surface area (TPSA) is 24.5 Å². The van der Waals surface area contributed by atoms with Crippen LogP contribution in [0.2, 0.25) is 0 Å². The van der Waals surface area contributed by atoms with E-state index in [-0.39, 0.29) is 5.41 Å². The Morgan fingerprint density at radius 2 is 2.05 bits per heavy atom. The number of hydrogen-bond acceptors (Lipinski definition) is 3. The maximum atomic E-state index is 5.98. The lowest BCUT2D eigenvalue weighted by molar-refractivity contribution is 0.0148. The molecule has 1 rings (SSSR count). The van der Waals surface area contributed by atoms with Crippen LogP contribution in [0.5, 0.6) is 0 Å². The van der Waals surface area contributed by atoms with Crippen LogP contribution in [0, 0.1) is 11.3 Å². The van der Waals surface area contributed by atoms with Crippen LogP contribution in [0.1, 0.15) is 47.0 Å². The van der Waals surface area contributed by atoms with E-state index in [1.807, 2.05) is 0 Å². The Labute approximate surface area is 120 Å². The minimum absolute atomic E-state index is 0.224. The van der Waals surface area contributed by atoms with E-state index in [0.717, 1.165) is 26.3 Å². The second kappa shape index (κ2) is 8.23. The number of nitrogens with zero attached hydrogens (tertiary/aromatic N) is 1. The summed E-state index contributed by atoms with van der Waals surface area (Å²) in [5.74, 6) is 0.715. The zero-order chi connectivity index (χ0) is 14.3. The summed E-state index contributed by atoms with van der Waals surface area (Å²) in [6.45, 7) is 14.2. The van der Waals surface area contributed by atoms with Crippen molar-refractivity contribution in [2.45, 2.75) is 53.0 Å². The van der Waals surface area contributed by atoms with Crippen molar-refractivity contribution in [3.05, 3.63) is 0 Å². The van der Waals surface area contributed by atoms with Crippen LogP contribution in [-0.2, 0) is 4.74 Å². The number of ether oxygens (including phenoxy) is 1. The second-order valence-electron chi connectivity index (χ2n) is 7.33. The molecule has 1 heterocycles. The van der Waals surface area contributed by atoms with Gasteiger partial charge in [-0.25, -0.2) is 0 Å². The molecule has 0 aromatic carbocycles. The molecule has 1 saturated heterocycles. The standard InChI is InChI=1S/C16H34N2O/c1-14(2)10-17-12-16(3,4)13-19-11-15-8-6-7-9-18(15)5/h14-15,17H,6-13H2,1-5H3. The summed E-state index contributed by atoms with van der Waals surface area (Å²) in [6, 6.07) is 0.633. The highest BCUT2D eigenvalue weighted by atomic mass is 16.5. The Morgan fingerprint density at radius 1 is 1.32 bits per heavy atom. The molecule has 1 N–H and O–H groups in total. The number of likely N-dealkylation sites (N-methyl/N-ethyl adjacent to an activating group) is 1. The quantitative estimate of drug-likeness (QED) is 0.734. The summed E-state index contributed by atoms with van der Waals surface area (Å²) in [5.41, 5.74) is 0.224. The first-order valence-corrected chi connectivity index (χ1v) is 7.89. The third-order valence-electron chi connectivity index (χ3n) is 3.88. The number of nitrogens with one attached hydrogen (secondary N) is 1. The molecule has 0 radical (unpaired) electrons. The number of piperidine rings is 1. The molecule has 1 unspecified atom stereocenters. The molecule has 1 aliphatic heterocycles. The molecule has 114 valence electrons. The molecule has 0 spiro atoms. The summed E-state index contributed by atoms with van der Waals surface area (Å²) in [5, 5.41) is 3.53. The van der Waals surface area contributed by atoms with Crippen molar-refractivity contribution in [1.82, 2.24) is 10.2 Å². The van der Waals surface area contributed by atoms with Gasteiger partial charge in [0.1, 0.15) is 0 Å². The van der Waals surface area contributed by atoms with Gasteiger partial charge in [0, 0.05) is 18.0 Å². The first-order chi connectivity index (χ1) is 8.91. The van der Waals surface area contributed by atoms with Gasteiger partial charge in [0.25, 0.3) is 0 Å². The van der Waals surface area contributed by atoms with Crippen LogP contribution in [-0.4, -0.2) is 50.8 Å². The number of likely N-dealkylation sites (tertiary alicyclic amines) is 1. The SMILES string of the molecule is CC(C)CNCC(C)(C)COCC1CCCCN1C. The molecule has 3 heteroatoms. The molecule has 1 aliphatic rings. The summed E-state index contributed by atoms with van der Waals surface area (Å²) in [6.07, 6.45) is 4.00. The fraction of sp³-hybridized carbons (Fsp3) is 1.00. The second-order valence-corrected chi connectivity index (χ2v) is 7.33. The molecule has 0 aliphatic carbocycles. The molecule has 0 aromatic heterocycles. The molecule has 3 nitrogen and oxygen atoms in total. The highest BCUT2D eigenvalue weighted by Crippen LogP contribution is 2.18. The van der Waals surface area contributed by atoms with Gasteiger partial charge in [-0.1, -0.05) is 34.1 Å². The Morgan fingerprint density at radius 3 is 2.68 bits per heavy atom. The molecule has 0 aromatic rings. The van der Waals surface area contributed by atoms with Crippen molar-refractivity contribution in [2.24, 2.45) is 11.3 Å². The van der Waals surface area contributed by atoms with Crippen molar-refractivity contribution in [3.8, 4) is 0 Å². The van der Waals surface area contributed by atoms with Crippen molar-refractivity contribution >= 4 is 0 Å². The normalized spacial score (nSPS) is 22.1. The predicted octanol–water partition coefficient (Wildman–Crippen LogP) is 2.76. The highest BCUT2D eigenvalue weighted by Gasteiger charge is 2.22. The van der Waals surface area contributed by atoms with E-state index in [0.29, 0.717) is 12.0 Å². The zero-order valence-electron chi connectivity index (χ0n) is 13.7. The van der Waals surface area contributed by atoms with E-state index in [9.17, 15) is 0 Å². The first-order valence-electron chi connectivity index (χ1n) is 7.89. The Bertz CT molecular complexity index is 241. The van der Waals surface area contributed by atoms with Gasteiger partial charge in [0.2, 0.25) is 0 Å². The van der Waals surface area contributed by atoms with Gasteiger partial charge in [0.15, 0.2) is 0 Å². The molecular weight excluding hydrogens is 236 g/mol.